The van der Waals surface area contributed by atoms with Crippen LogP contribution in [0.5, 0.6) is 5.75 Å². The highest BCUT2D eigenvalue weighted by Crippen LogP contribution is 2.47. The second-order valence-electron chi connectivity index (χ2n) is 8.47. The van der Waals surface area contributed by atoms with E-state index in [9.17, 15) is 14.3 Å². The number of nitrogens with zero attached hydrogens (tertiary/aromatic N) is 2. The first kappa shape index (κ1) is 17.7. The Morgan fingerprint density at radius 1 is 1.11 bits per heavy atom. The van der Waals surface area contributed by atoms with Crippen LogP contribution in [0.2, 0.25) is 0 Å². The summed E-state index contributed by atoms with van der Waals surface area (Å²) in [5, 5.41) is 9.99. The van der Waals surface area contributed by atoms with Crippen LogP contribution in [0.3, 0.4) is 0 Å². The zero-order valence-corrected chi connectivity index (χ0v) is 16.0. The van der Waals surface area contributed by atoms with E-state index >= 15 is 0 Å². The van der Waals surface area contributed by atoms with Gasteiger partial charge in [-0.05, 0) is 74.2 Å². The Hall–Kier alpha value is -2.40. The Kier molecular flexibility index (Phi) is 4.16. The van der Waals surface area contributed by atoms with E-state index in [0.29, 0.717) is 18.0 Å². The Morgan fingerprint density at radius 2 is 1.89 bits per heavy atom. The van der Waals surface area contributed by atoms with Gasteiger partial charge in [-0.2, -0.15) is 0 Å². The fraction of sp³-hybridized carbons (Fsp3) is 0.435. The van der Waals surface area contributed by atoms with Crippen LogP contribution in [0.25, 0.3) is 0 Å². The molecule has 6 rings (SSSR count). The molecule has 0 radical (unpaired) electrons. The van der Waals surface area contributed by atoms with Gasteiger partial charge in [0, 0.05) is 24.1 Å². The number of halogens is 1. The van der Waals surface area contributed by atoms with Crippen molar-refractivity contribution in [2.75, 3.05) is 19.6 Å². The highest BCUT2D eigenvalue weighted by Gasteiger charge is 2.54. The van der Waals surface area contributed by atoms with E-state index in [1.54, 1.807) is 12.1 Å². The molecular weight excluding hydrogens is 355 g/mol. The van der Waals surface area contributed by atoms with Gasteiger partial charge < -0.3 is 10.0 Å². The van der Waals surface area contributed by atoms with Crippen molar-refractivity contribution in [2.24, 2.45) is 5.92 Å². The SMILES string of the molecule is Cc1ccc(F)cc1C(=O)N1C[C@@H](c2cccc(O)c2)[C@@H]2[C@H]1C1CCN2CC1. The van der Waals surface area contributed by atoms with Crippen molar-refractivity contribution in [2.45, 2.75) is 37.8 Å². The summed E-state index contributed by atoms with van der Waals surface area (Å²) in [6.07, 6.45) is 2.22. The van der Waals surface area contributed by atoms with Crippen molar-refractivity contribution in [3.8, 4) is 5.75 Å². The summed E-state index contributed by atoms with van der Waals surface area (Å²) in [6, 6.07) is 12.3. The summed E-state index contributed by atoms with van der Waals surface area (Å²) >= 11 is 0. The molecule has 4 nitrogen and oxygen atoms in total. The Balaban J connectivity index is 1.55. The molecular formula is C23H25FN2O2. The number of piperidine rings is 3. The number of likely N-dealkylation sites (tertiary alicyclic amines) is 1. The first-order chi connectivity index (χ1) is 13.5. The number of phenols is 1. The molecule has 0 spiro atoms. The second-order valence-corrected chi connectivity index (χ2v) is 8.47. The van der Waals surface area contributed by atoms with Gasteiger partial charge in [0.05, 0.1) is 6.04 Å². The fourth-order valence-electron chi connectivity index (χ4n) is 5.68. The van der Waals surface area contributed by atoms with Gasteiger partial charge in [0.25, 0.3) is 5.91 Å². The molecule has 2 aromatic carbocycles. The van der Waals surface area contributed by atoms with Crippen LogP contribution < -0.4 is 0 Å². The smallest absolute Gasteiger partial charge is 0.254 e. The lowest BCUT2D eigenvalue weighted by Gasteiger charge is -2.51. The Bertz CT molecular complexity index is 923. The standard InChI is InChI=1S/C23H25FN2O2/c1-14-5-6-17(24)12-19(14)23(28)26-13-20(16-3-2-4-18(27)11-16)22-21(26)15-7-9-25(22)10-8-15/h2-6,11-12,15,20-22,27H,7-10,13H2,1H3/t20-,21+,22+/m0/s1. The summed E-state index contributed by atoms with van der Waals surface area (Å²) in [5.74, 6) is 0.482. The first-order valence-electron chi connectivity index (χ1n) is 10.1. The summed E-state index contributed by atoms with van der Waals surface area (Å²) in [7, 11) is 0. The van der Waals surface area contributed by atoms with Crippen LogP contribution in [-0.4, -0.2) is 52.5 Å². The Labute approximate surface area is 164 Å². The topological polar surface area (TPSA) is 43.8 Å². The van der Waals surface area contributed by atoms with Crippen molar-refractivity contribution in [1.82, 2.24) is 9.80 Å². The van der Waals surface area contributed by atoms with Crippen molar-refractivity contribution in [3.63, 3.8) is 0 Å². The molecule has 28 heavy (non-hydrogen) atoms. The molecule has 2 bridgehead atoms. The normalized spacial score (nSPS) is 31.1. The van der Waals surface area contributed by atoms with E-state index in [1.807, 2.05) is 30.0 Å². The molecule has 4 fully saturated rings. The minimum Gasteiger partial charge on any atom is -0.508 e. The van der Waals surface area contributed by atoms with Crippen LogP contribution in [-0.2, 0) is 0 Å². The minimum atomic E-state index is -0.372. The van der Waals surface area contributed by atoms with Crippen LogP contribution in [0.1, 0.15) is 40.2 Å². The number of phenolic OH excluding ortho intramolecular Hbond substituents is 1. The zero-order chi connectivity index (χ0) is 19.4. The number of carbonyl (C=O) groups excluding carboxylic acids is 1. The number of rotatable bonds is 2. The van der Waals surface area contributed by atoms with Gasteiger partial charge in [0.1, 0.15) is 11.6 Å². The van der Waals surface area contributed by atoms with Gasteiger partial charge in [-0.3, -0.25) is 9.69 Å². The molecule has 5 heteroatoms. The number of amides is 1. The summed E-state index contributed by atoms with van der Waals surface area (Å²) in [4.78, 5) is 18.0. The number of aryl methyl sites for hydroxylation is 1. The van der Waals surface area contributed by atoms with Crippen molar-refractivity contribution >= 4 is 5.91 Å². The maximum Gasteiger partial charge on any atom is 0.254 e. The van der Waals surface area contributed by atoms with E-state index in [1.165, 1.54) is 12.1 Å². The van der Waals surface area contributed by atoms with E-state index in [4.69, 9.17) is 0 Å². The molecule has 1 N–H and O–H groups in total. The molecule has 4 aliphatic heterocycles. The second kappa shape index (κ2) is 6.59. The number of carbonyl (C=O) groups is 1. The van der Waals surface area contributed by atoms with Crippen molar-refractivity contribution in [3.05, 3.63) is 65.0 Å². The quantitative estimate of drug-likeness (QED) is 0.867. The number of hydrogen-bond donors (Lipinski definition) is 1. The van der Waals surface area contributed by atoms with Gasteiger partial charge in [-0.25, -0.2) is 4.39 Å². The lowest BCUT2D eigenvalue weighted by Crippen LogP contribution is -2.60. The predicted molar refractivity (Wildman–Crippen MR) is 105 cm³/mol. The van der Waals surface area contributed by atoms with Gasteiger partial charge in [0.15, 0.2) is 0 Å². The van der Waals surface area contributed by atoms with Crippen molar-refractivity contribution in [1.29, 1.82) is 0 Å². The van der Waals surface area contributed by atoms with Crippen LogP contribution in [0, 0.1) is 18.7 Å². The van der Waals surface area contributed by atoms with Crippen LogP contribution in [0.15, 0.2) is 42.5 Å². The molecule has 146 valence electrons. The highest BCUT2D eigenvalue weighted by atomic mass is 19.1. The van der Waals surface area contributed by atoms with E-state index in [0.717, 1.165) is 37.1 Å². The third kappa shape index (κ3) is 2.72. The van der Waals surface area contributed by atoms with Gasteiger partial charge in [-0.15, -0.1) is 0 Å². The van der Waals surface area contributed by atoms with E-state index in [-0.39, 0.29) is 35.5 Å². The molecule has 3 atom stereocenters. The van der Waals surface area contributed by atoms with Crippen molar-refractivity contribution < 1.29 is 14.3 Å². The van der Waals surface area contributed by atoms with Crippen LogP contribution >= 0.6 is 0 Å². The molecule has 4 aliphatic rings. The number of benzene rings is 2. The largest absolute Gasteiger partial charge is 0.508 e. The molecule has 4 saturated heterocycles. The molecule has 2 aromatic rings. The molecule has 0 unspecified atom stereocenters. The average molecular weight is 380 g/mol. The minimum absolute atomic E-state index is 0.0663. The maximum atomic E-state index is 13.9. The summed E-state index contributed by atoms with van der Waals surface area (Å²) < 4.78 is 13.9. The lowest BCUT2D eigenvalue weighted by atomic mass is 9.75. The molecule has 1 amide bonds. The van der Waals surface area contributed by atoms with Gasteiger partial charge in [0.2, 0.25) is 0 Å². The first-order valence-corrected chi connectivity index (χ1v) is 10.1. The van der Waals surface area contributed by atoms with Gasteiger partial charge >= 0.3 is 0 Å². The summed E-state index contributed by atoms with van der Waals surface area (Å²) in [5.41, 5.74) is 2.35. The maximum absolute atomic E-state index is 13.9. The Morgan fingerprint density at radius 3 is 2.64 bits per heavy atom. The van der Waals surface area contributed by atoms with E-state index < -0.39 is 0 Å². The summed E-state index contributed by atoms with van der Waals surface area (Å²) in [6.45, 7) is 4.62. The molecule has 0 aromatic heterocycles. The third-order valence-corrected chi connectivity index (χ3v) is 6.98. The monoisotopic (exact) mass is 380 g/mol. The zero-order valence-electron chi connectivity index (χ0n) is 16.0. The molecule has 0 saturated carbocycles. The molecule has 0 aliphatic carbocycles. The third-order valence-electron chi connectivity index (χ3n) is 6.98. The number of hydrogen-bond acceptors (Lipinski definition) is 3. The number of aromatic hydroxyl groups is 1. The average Bonchev–Trinajstić information content (AvgIpc) is 3.13. The van der Waals surface area contributed by atoms with E-state index in [2.05, 4.69) is 4.90 Å². The van der Waals surface area contributed by atoms with Gasteiger partial charge in [-0.1, -0.05) is 18.2 Å². The predicted octanol–water partition coefficient (Wildman–Crippen LogP) is 3.54. The van der Waals surface area contributed by atoms with Crippen LogP contribution in [0.4, 0.5) is 4.39 Å². The fourth-order valence-corrected chi connectivity index (χ4v) is 5.68. The molecule has 4 heterocycles. The lowest BCUT2D eigenvalue weighted by molar-refractivity contribution is -0.00345. The number of fused-ring (bicyclic) bond motifs is 2. The highest BCUT2D eigenvalue weighted by molar-refractivity contribution is 5.96.